The molecule has 4 aliphatic rings. The Labute approximate surface area is 297 Å². The van der Waals surface area contributed by atoms with Crippen LogP contribution in [-0.4, -0.2) is 119 Å². The van der Waals surface area contributed by atoms with Gasteiger partial charge in [0.2, 0.25) is 5.88 Å². The average molecular weight is 716 g/mol. The third kappa shape index (κ3) is 5.95. The number of fused-ring (bicyclic) bond motifs is 1. The normalized spacial score (nSPS) is 21.9. The van der Waals surface area contributed by atoms with Gasteiger partial charge in [0.25, 0.3) is 15.9 Å². The van der Waals surface area contributed by atoms with Crippen LogP contribution in [0.1, 0.15) is 35.1 Å². The summed E-state index contributed by atoms with van der Waals surface area (Å²) in [5.41, 5.74) is -0.994. The van der Waals surface area contributed by atoms with Crippen LogP contribution < -0.4 is 19.1 Å². The Bertz CT molecular complexity index is 1980. The second-order valence-corrected chi connectivity index (χ2v) is 15.0. The molecule has 1 aromatic heterocycles. The van der Waals surface area contributed by atoms with Crippen LogP contribution in [0.15, 0.2) is 59.6 Å². The van der Waals surface area contributed by atoms with E-state index in [9.17, 15) is 18.5 Å². The van der Waals surface area contributed by atoms with E-state index in [0.717, 1.165) is 44.7 Å². The van der Waals surface area contributed by atoms with Crippen LogP contribution >= 0.6 is 0 Å². The van der Waals surface area contributed by atoms with Gasteiger partial charge in [-0.05, 0) is 67.8 Å². The maximum absolute atomic E-state index is 15.1. The number of nitriles is 1. The second-order valence-electron chi connectivity index (χ2n) is 13.3. The molecule has 0 bridgehead atoms. The lowest BCUT2D eigenvalue weighted by Crippen LogP contribution is -2.61. The molecule has 2 aromatic carbocycles. The number of aryl methyl sites for hydroxylation is 1. The zero-order chi connectivity index (χ0) is 35.9. The summed E-state index contributed by atoms with van der Waals surface area (Å²) >= 11 is 0. The van der Waals surface area contributed by atoms with Crippen molar-refractivity contribution in [1.29, 1.82) is 5.26 Å². The first kappa shape index (κ1) is 34.7. The van der Waals surface area contributed by atoms with Crippen molar-refractivity contribution in [2.24, 2.45) is 0 Å². The lowest BCUT2D eigenvalue weighted by Gasteiger charge is -2.46. The number of nitrogens with zero attached hydrogens (tertiary/aromatic N) is 6. The number of methoxy groups -OCH3 is 2. The number of sulfonamides is 1. The maximum Gasteiger partial charge on any atom is 0.318 e. The third-order valence-electron chi connectivity index (χ3n) is 10.5. The number of carbonyl (C=O) groups excluding carboxylic acids is 2. The number of piperidine rings is 1. The van der Waals surface area contributed by atoms with Gasteiger partial charge in [-0.15, -0.1) is 0 Å². The summed E-state index contributed by atoms with van der Waals surface area (Å²) in [6.07, 6.45) is 3.57. The van der Waals surface area contributed by atoms with E-state index in [1.807, 2.05) is 0 Å². The second kappa shape index (κ2) is 13.8. The number of urea groups is 1. The predicted octanol–water partition coefficient (Wildman–Crippen LogP) is 2.45. The largest absolute Gasteiger partial charge is 0.495 e. The monoisotopic (exact) mass is 715 g/mol. The minimum Gasteiger partial charge on any atom is -0.495 e. The van der Waals surface area contributed by atoms with Crippen LogP contribution in [0, 0.1) is 18.3 Å². The van der Waals surface area contributed by atoms with Gasteiger partial charge in [-0.1, -0.05) is 6.07 Å². The van der Waals surface area contributed by atoms with Gasteiger partial charge >= 0.3 is 6.03 Å². The fourth-order valence-corrected chi connectivity index (χ4v) is 9.26. The quantitative estimate of drug-likeness (QED) is 0.366. The molecular weight excluding hydrogens is 675 g/mol. The summed E-state index contributed by atoms with van der Waals surface area (Å²) < 4.78 is 46.2. The Kier molecular flexibility index (Phi) is 9.36. The van der Waals surface area contributed by atoms with Crippen molar-refractivity contribution >= 4 is 27.6 Å². The standard InChI is InChI=1S/C36H41N7O7S/c1-24-6-9-32(31(19-24)48-2)51(46,47)43-30-8-7-25(21-37)20-29(30)36(34(43)44,28-5-4-12-38-33(28)49-3)39-35(45)42-17-15-41(16-18-42)26-10-13-40(14-11-26)27-22-50-23-27/h4-9,12,19-20,26-27H,10-11,13-18,22-23H2,1-3H3,(H,39,45)/t36-/m1/s1. The molecule has 0 aliphatic carbocycles. The van der Waals surface area contributed by atoms with Gasteiger partial charge in [0.1, 0.15) is 10.6 Å². The van der Waals surface area contributed by atoms with Crippen LogP contribution in [0.4, 0.5) is 10.5 Å². The number of benzene rings is 2. The fraction of sp³-hybridized carbons (Fsp3) is 0.444. The Balaban J connectivity index is 1.23. The van der Waals surface area contributed by atoms with Crippen molar-refractivity contribution < 1.29 is 32.2 Å². The Hall–Kier alpha value is -4.75. The van der Waals surface area contributed by atoms with E-state index in [-0.39, 0.29) is 38.9 Å². The highest BCUT2D eigenvalue weighted by Gasteiger charge is 2.59. The van der Waals surface area contributed by atoms with Crippen molar-refractivity contribution in [2.45, 2.75) is 42.3 Å². The van der Waals surface area contributed by atoms with E-state index in [1.54, 1.807) is 36.1 Å². The number of likely N-dealkylation sites (tertiary alicyclic amines) is 1. The number of nitrogens with one attached hydrogen (secondary N) is 1. The average Bonchev–Trinajstić information content (AvgIpc) is 3.38. The fourth-order valence-electron chi connectivity index (χ4n) is 7.65. The number of hydrogen-bond acceptors (Lipinski definition) is 11. The van der Waals surface area contributed by atoms with Crippen LogP contribution in [0.25, 0.3) is 0 Å². The lowest BCUT2D eigenvalue weighted by molar-refractivity contribution is -0.121. The highest BCUT2D eigenvalue weighted by Crippen LogP contribution is 2.49. The Morgan fingerprint density at radius 2 is 1.69 bits per heavy atom. The molecule has 14 nitrogen and oxygen atoms in total. The van der Waals surface area contributed by atoms with Crippen LogP contribution in [0.3, 0.4) is 0 Å². The molecule has 4 aliphatic heterocycles. The van der Waals surface area contributed by atoms with Crippen molar-refractivity contribution in [3.63, 3.8) is 0 Å². The van der Waals surface area contributed by atoms with E-state index in [2.05, 4.69) is 26.2 Å². The maximum atomic E-state index is 15.1. The number of hydrogen-bond donors (Lipinski definition) is 1. The Morgan fingerprint density at radius 3 is 2.33 bits per heavy atom. The predicted molar refractivity (Wildman–Crippen MR) is 186 cm³/mol. The summed E-state index contributed by atoms with van der Waals surface area (Å²) in [5.74, 6) is -0.910. The highest BCUT2D eigenvalue weighted by atomic mass is 32.2. The van der Waals surface area contributed by atoms with Crippen molar-refractivity contribution in [3.8, 4) is 17.7 Å². The summed E-state index contributed by atoms with van der Waals surface area (Å²) in [7, 11) is -1.90. The van der Waals surface area contributed by atoms with E-state index >= 15 is 4.79 Å². The SMILES string of the molecule is COc1cc(C)ccc1S(=O)(=O)N1C(=O)[C@@](NC(=O)N2CCN(C3CCN(C4COC4)CC3)CC2)(c2cccnc2OC)c2cc(C#N)ccc21. The van der Waals surface area contributed by atoms with Gasteiger partial charge < -0.3 is 24.4 Å². The van der Waals surface area contributed by atoms with Gasteiger partial charge in [-0.3, -0.25) is 14.6 Å². The van der Waals surface area contributed by atoms with Crippen molar-refractivity contribution in [1.82, 2.24) is 25.0 Å². The first-order valence-corrected chi connectivity index (χ1v) is 18.5. The molecule has 3 amide bonds. The van der Waals surface area contributed by atoms with Gasteiger partial charge in [-0.25, -0.2) is 18.2 Å². The number of rotatable bonds is 8. The van der Waals surface area contributed by atoms with E-state index in [0.29, 0.717) is 42.6 Å². The number of ether oxygens (including phenoxy) is 3. The zero-order valence-electron chi connectivity index (χ0n) is 28.9. The van der Waals surface area contributed by atoms with Gasteiger partial charge in [-0.2, -0.15) is 9.57 Å². The van der Waals surface area contributed by atoms with Crippen LogP contribution in [0.5, 0.6) is 11.6 Å². The highest BCUT2D eigenvalue weighted by molar-refractivity contribution is 7.93. The van der Waals surface area contributed by atoms with Crippen molar-refractivity contribution in [3.05, 3.63) is 77.0 Å². The number of amides is 3. The summed E-state index contributed by atoms with van der Waals surface area (Å²) in [6.45, 7) is 7.58. The first-order chi connectivity index (χ1) is 24.6. The molecule has 0 spiro atoms. The number of piperazine rings is 1. The number of pyridine rings is 1. The number of aromatic nitrogens is 1. The summed E-state index contributed by atoms with van der Waals surface area (Å²) in [6, 6.07) is 14.4. The molecule has 15 heteroatoms. The molecule has 5 heterocycles. The molecule has 1 N–H and O–H groups in total. The minimum absolute atomic E-state index is 0.0104. The smallest absolute Gasteiger partial charge is 0.318 e. The Morgan fingerprint density at radius 1 is 0.961 bits per heavy atom. The van der Waals surface area contributed by atoms with Crippen LogP contribution in [-0.2, 0) is 25.1 Å². The molecule has 3 fully saturated rings. The molecule has 3 aromatic rings. The van der Waals surface area contributed by atoms with E-state index < -0.39 is 27.5 Å². The first-order valence-electron chi connectivity index (χ1n) is 17.0. The van der Waals surface area contributed by atoms with Gasteiger partial charge in [0.15, 0.2) is 5.54 Å². The van der Waals surface area contributed by atoms with Gasteiger partial charge in [0.05, 0.1) is 56.4 Å². The molecular formula is C36H41N7O7S. The lowest BCUT2D eigenvalue weighted by atomic mass is 9.83. The molecule has 7 rings (SSSR count). The third-order valence-corrected chi connectivity index (χ3v) is 12.2. The molecule has 51 heavy (non-hydrogen) atoms. The molecule has 1 atom stereocenters. The zero-order valence-corrected chi connectivity index (χ0v) is 29.7. The molecule has 0 saturated carbocycles. The topological polar surface area (TPSA) is 158 Å². The summed E-state index contributed by atoms with van der Waals surface area (Å²) in [4.78, 5) is 40.1. The van der Waals surface area contributed by atoms with Gasteiger partial charge in [0, 0.05) is 57.1 Å². The minimum atomic E-state index is -4.63. The number of carbonyl (C=O) groups is 2. The van der Waals surface area contributed by atoms with Crippen molar-refractivity contribution in [2.75, 3.05) is 71.0 Å². The van der Waals surface area contributed by atoms with Crippen LogP contribution in [0.2, 0.25) is 0 Å². The van der Waals surface area contributed by atoms with E-state index in [1.165, 1.54) is 44.7 Å². The molecule has 268 valence electrons. The van der Waals surface area contributed by atoms with E-state index in [4.69, 9.17) is 14.2 Å². The molecule has 0 radical (unpaired) electrons. The summed E-state index contributed by atoms with van der Waals surface area (Å²) in [5, 5.41) is 12.9. The molecule has 0 unspecified atom stereocenters. The molecule has 3 saturated heterocycles. The number of anilines is 1.